The fourth-order valence-electron chi connectivity index (χ4n) is 0.567. The van der Waals surface area contributed by atoms with Crippen LogP contribution in [0.5, 0.6) is 0 Å². The summed E-state index contributed by atoms with van der Waals surface area (Å²) in [5.74, 6) is 0.218. The van der Waals surface area contributed by atoms with Gasteiger partial charge in [0.05, 0.1) is 5.25 Å². The molecule has 0 aromatic carbocycles. The quantitative estimate of drug-likeness (QED) is 0.620. The number of carbonyl (C=O) groups excluding carboxylic acids is 1. The highest BCUT2D eigenvalue weighted by Crippen LogP contribution is 2.07. The topological polar surface area (TPSA) is 20.3 Å². The molecule has 3 heteroatoms. The second-order valence-corrected chi connectivity index (χ2v) is 3.41. The molecule has 0 aromatic rings. The average molecular weight is 161 g/mol. The van der Waals surface area contributed by atoms with Crippen molar-refractivity contribution in [3.63, 3.8) is 0 Å². The SMILES string of the molecule is CCN(C)C(=O)C(C)SC. The van der Waals surface area contributed by atoms with Crippen LogP contribution in [0.2, 0.25) is 0 Å². The van der Waals surface area contributed by atoms with Crippen LogP contribution in [0, 0.1) is 0 Å². The fraction of sp³-hybridized carbons (Fsp3) is 0.857. The zero-order valence-corrected chi connectivity index (χ0v) is 7.86. The first-order valence-corrected chi connectivity index (χ1v) is 4.70. The van der Waals surface area contributed by atoms with Crippen molar-refractivity contribution in [1.29, 1.82) is 0 Å². The van der Waals surface area contributed by atoms with Crippen molar-refractivity contribution in [3.8, 4) is 0 Å². The highest BCUT2D eigenvalue weighted by molar-refractivity contribution is 7.99. The number of thioether (sulfide) groups is 1. The molecular weight excluding hydrogens is 146 g/mol. The Morgan fingerprint density at radius 3 is 2.50 bits per heavy atom. The Morgan fingerprint density at radius 2 is 2.20 bits per heavy atom. The Hall–Kier alpha value is -0.180. The predicted molar refractivity (Wildman–Crippen MR) is 46.3 cm³/mol. The molecule has 2 nitrogen and oxygen atoms in total. The summed E-state index contributed by atoms with van der Waals surface area (Å²) in [7, 11) is 1.83. The van der Waals surface area contributed by atoms with Crippen molar-refractivity contribution in [1.82, 2.24) is 4.90 Å². The van der Waals surface area contributed by atoms with Gasteiger partial charge in [0.15, 0.2) is 0 Å². The summed E-state index contributed by atoms with van der Waals surface area (Å²) in [6.07, 6.45) is 1.95. The maximum absolute atomic E-state index is 11.2. The van der Waals surface area contributed by atoms with Crippen molar-refractivity contribution in [2.24, 2.45) is 0 Å². The van der Waals surface area contributed by atoms with E-state index in [4.69, 9.17) is 0 Å². The lowest BCUT2D eigenvalue weighted by Gasteiger charge is -2.17. The van der Waals surface area contributed by atoms with Gasteiger partial charge in [-0.3, -0.25) is 4.79 Å². The average Bonchev–Trinajstić information content (AvgIpc) is 2.00. The van der Waals surface area contributed by atoms with E-state index < -0.39 is 0 Å². The van der Waals surface area contributed by atoms with E-state index in [1.54, 1.807) is 16.7 Å². The van der Waals surface area contributed by atoms with Gasteiger partial charge in [0, 0.05) is 13.6 Å². The highest BCUT2D eigenvalue weighted by Gasteiger charge is 2.13. The smallest absolute Gasteiger partial charge is 0.235 e. The van der Waals surface area contributed by atoms with Crippen molar-refractivity contribution in [3.05, 3.63) is 0 Å². The van der Waals surface area contributed by atoms with Crippen LogP contribution in [0.3, 0.4) is 0 Å². The van der Waals surface area contributed by atoms with Crippen LogP contribution in [0.15, 0.2) is 0 Å². The molecule has 10 heavy (non-hydrogen) atoms. The molecule has 0 heterocycles. The largest absolute Gasteiger partial charge is 0.345 e. The molecule has 0 radical (unpaired) electrons. The Balaban J connectivity index is 3.82. The summed E-state index contributed by atoms with van der Waals surface area (Å²) in [5.41, 5.74) is 0. The molecular formula is C7H15NOS. The number of carbonyl (C=O) groups is 1. The van der Waals surface area contributed by atoms with Gasteiger partial charge in [-0.2, -0.15) is 11.8 Å². The highest BCUT2D eigenvalue weighted by atomic mass is 32.2. The van der Waals surface area contributed by atoms with E-state index in [0.29, 0.717) is 0 Å². The van der Waals surface area contributed by atoms with Crippen molar-refractivity contribution in [2.75, 3.05) is 19.8 Å². The molecule has 60 valence electrons. The summed E-state index contributed by atoms with van der Waals surface area (Å²) in [4.78, 5) is 12.9. The Kier molecular flexibility index (Phi) is 4.52. The molecule has 0 saturated heterocycles. The third kappa shape index (κ3) is 2.60. The summed E-state index contributed by atoms with van der Waals surface area (Å²) < 4.78 is 0. The van der Waals surface area contributed by atoms with Gasteiger partial charge in [-0.1, -0.05) is 0 Å². The van der Waals surface area contributed by atoms with Crippen LogP contribution in [-0.2, 0) is 4.79 Å². The summed E-state index contributed by atoms with van der Waals surface area (Å²) in [5, 5.41) is 0.102. The molecule has 1 amide bonds. The first-order valence-electron chi connectivity index (χ1n) is 3.41. The lowest BCUT2D eigenvalue weighted by Crippen LogP contribution is -2.32. The van der Waals surface area contributed by atoms with Gasteiger partial charge in [0.2, 0.25) is 5.91 Å². The van der Waals surface area contributed by atoms with Crippen molar-refractivity contribution < 1.29 is 4.79 Å². The van der Waals surface area contributed by atoms with Crippen LogP contribution in [0.1, 0.15) is 13.8 Å². The van der Waals surface area contributed by atoms with Gasteiger partial charge in [-0.05, 0) is 20.1 Å². The molecule has 1 atom stereocenters. The number of hydrogen-bond acceptors (Lipinski definition) is 2. The molecule has 0 aliphatic rings. The molecule has 0 fully saturated rings. The monoisotopic (exact) mass is 161 g/mol. The molecule has 0 N–H and O–H groups in total. The Bertz CT molecular complexity index is 104. The minimum absolute atomic E-state index is 0.102. The van der Waals surface area contributed by atoms with E-state index in [0.717, 1.165) is 6.54 Å². The van der Waals surface area contributed by atoms with Gasteiger partial charge in [-0.25, -0.2) is 0 Å². The standard InChI is InChI=1S/C7H15NOS/c1-5-8(3)7(9)6(2)10-4/h6H,5H2,1-4H3. The van der Waals surface area contributed by atoms with Crippen molar-refractivity contribution in [2.45, 2.75) is 19.1 Å². The van der Waals surface area contributed by atoms with Gasteiger partial charge >= 0.3 is 0 Å². The van der Waals surface area contributed by atoms with Gasteiger partial charge < -0.3 is 4.90 Å². The zero-order valence-electron chi connectivity index (χ0n) is 7.05. The molecule has 0 rings (SSSR count). The van der Waals surface area contributed by atoms with E-state index in [2.05, 4.69) is 0 Å². The van der Waals surface area contributed by atoms with Crippen molar-refractivity contribution >= 4 is 17.7 Å². The van der Waals surface area contributed by atoms with E-state index in [1.807, 2.05) is 27.2 Å². The van der Waals surface area contributed by atoms with Crippen LogP contribution in [0.4, 0.5) is 0 Å². The third-order valence-corrected chi connectivity index (χ3v) is 2.46. The first kappa shape index (κ1) is 9.82. The summed E-state index contributed by atoms with van der Waals surface area (Å²) in [6, 6.07) is 0. The van der Waals surface area contributed by atoms with Gasteiger partial charge in [-0.15, -0.1) is 0 Å². The number of amides is 1. The molecule has 0 aliphatic heterocycles. The molecule has 0 bridgehead atoms. The maximum atomic E-state index is 11.2. The minimum Gasteiger partial charge on any atom is -0.345 e. The predicted octanol–water partition coefficient (Wildman–Crippen LogP) is 1.22. The second kappa shape index (κ2) is 4.61. The summed E-state index contributed by atoms with van der Waals surface area (Å²) >= 11 is 1.59. The van der Waals surface area contributed by atoms with E-state index in [9.17, 15) is 4.79 Å². The fourth-order valence-corrected chi connectivity index (χ4v) is 0.949. The number of rotatable bonds is 3. The molecule has 1 unspecified atom stereocenters. The summed E-state index contributed by atoms with van der Waals surface area (Å²) in [6.45, 7) is 4.70. The molecule has 0 spiro atoms. The molecule has 0 aliphatic carbocycles. The Morgan fingerprint density at radius 1 is 1.70 bits per heavy atom. The first-order chi connectivity index (χ1) is 4.63. The van der Waals surface area contributed by atoms with Crippen LogP contribution in [-0.4, -0.2) is 35.9 Å². The maximum Gasteiger partial charge on any atom is 0.235 e. The number of nitrogens with zero attached hydrogens (tertiary/aromatic N) is 1. The lowest BCUT2D eigenvalue weighted by molar-refractivity contribution is -0.128. The zero-order chi connectivity index (χ0) is 8.15. The van der Waals surface area contributed by atoms with Crippen LogP contribution in [0.25, 0.3) is 0 Å². The van der Waals surface area contributed by atoms with Crippen LogP contribution < -0.4 is 0 Å². The third-order valence-electron chi connectivity index (χ3n) is 1.55. The van der Waals surface area contributed by atoms with Gasteiger partial charge in [0.25, 0.3) is 0 Å². The normalized spacial score (nSPS) is 12.8. The minimum atomic E-state index is 0.102. The van der Waals surface area contributed by atoms with Crippen LogP contribution >= 0.6 is 11.8 Å². The molecule has 0 aromatic heterocycles. The second-order valence-electron chi connectivity index (χ2n) is 2.23. The van der Waals surface area contributed by atoms with E-state index >= 15 is 0 Å². The molecule has 0 saturated carbocycles. The van der Waals surface area contributed by atoms with E-state index in [-0.39, 0.29) is 11.2 Å². The lowest BCUT2D eigenvalue weighted by atomic mass is 10.4. The van der Waals surface area contributed by atoms with E-state index in [1.165, 1.54) is 0 Å². The Labute approximate surface area is 67.0 Å². The number of hydrogen-bond donors (Lipinski definition) is 0. The van der Waals surface area contributed by atoms with Gasteiger partial charge in [0.1, 0.15) is 0 Å².